The molecule has 1 saturated heterocycles. The van der Waals surface area contributed by atoms with Crippen molar-refractivity contribution in [3.05, 3.63) is 102 Å². The number of rotatable bonds is 5. The van der Waals surface area contributed by atoms with Crippen molar-refractivity contribution in [1.82, 2.24) is 15.5 Å². The van der Waals surface area contributed by atoms with Gasteiger partial charge in [0, 0.05) is 49.3 Å². The molecule has 4 aromatic rings. The fourth-order valence-electron chi connectivity index (χ4n) is 5.81. The lowest BCUT2D eigenvalue weighted by Crippen LogP contribution is -2.58. The van der Waals surface area contributed by atoms with Gasteiger partial charge in [-0.2, -0.15) is 0 Å². The van der Waals surface area contributed by atoms with Crippen molar-refractivity contribution in [2.45, 2.75) is 25.1 Å². The maximum atomic E-state index is 14.7. The van der Waals surface area contributed by atoms with Gasteiger partial charge >= 0.3 is 0 Å². The van der Waals surface area contributed by atoms with E-state index in [-0.39, 0.29) is 38.0 Å². The van der Waals surface area contributed by atoms with Crippen LogP contribution in [0.25, 0.3) is 11.1 Å². The van der Waals surface area contributed by atoms with Crippen LogP contribution in [-0.2, 0) is 16.1 Å². The van der Waals surface area contributed by atoms with Gasteiger partial charge in [0.25, 0.3) is 17.7 Å². The summed E-state index contributed by atoms with van der Waals surface area (Å²) in [7, 11) is 3.08. The summed E-state index contributed by atoms with van der Waals surface area (Å²) in [5.74, 6) is 0.672. The molecule has 6 bridgehead atoms. The number of fused-ring (bicyclic) bond motifs is 8. The Hall–Kier alpha value is -5.78. The number of benzene rings is 4. The molecule has 2 aliphatic rings. The molecule has 0 aromatic heterocycles. The molecule has 254 valence electrons. The van der Waals surface area contributed by atoms with E-state index in [1.54, 1.807) is 78.7 Å². The Morgan fingerprint density at radius 1 is 0.918 bits per heavy atom. The number of carbonyl (C=O) groups excluding carboxylic acids is 3. The first-order valence-electron chi connectivity index (χ1n) is 15.8. The molecular formula is C37H36FN3O8. The van der Waals surface area contributed by atoms with Gasteiger partial charge in [-0.1, -0.05) is 18.2 Å². The van der Waals surface area contributed by atoms with Crippen LogP contribution in [0.1, 0.15) is 22.3 Å². The lowest BCUT2D eigenvalue weighted by atomic mass is 9.99. The summed E-state index contributed by atoms with van der Waals surface area (Å²) in [5.41, 5.74) is 2.17. The molecule has 1 fully saturated rings. The normalized spacial score (nSPS) is 17.7. The minimum Gasteiger partial charge on any atom is -0.497 e. The summed E-state index contributed by atoms with van der Waals surface area (Å²) in [6.07, 6.45) is -0.266. The minimum absolute atomic E-state index is 0.0415. The largest absolute Gasteiger partial charge is 0.497 e. The van der Waals surface area contributed by atoms with Crippen LogP contribution >= 0.6 is 0 Å². The Bertz CT molecular complexity index is 1850. The lowest BCUT2D eigenvalue weighted by Gasteiger charge is -2.39. The van der Waals surface area contributed by atoms with Gasteiger partial charge in [-0.15, -0.1) is 0 Å². The molecule has 4 aromatic carbocycles. The molecule has 2 atom stereocenters. The molecule has 11 nitrogen and oxygen atoms in total. The van der Waals surface area contributed by atoms with Crippen molar-refractivity contribution < 1.29 is 42.5 Å². The van der Waals surface area contributed by atoms with Gasteiger partial charge in [0.1, 0.15) is 40.7 Å². The first-order valence-corrected chi connectivity index (χ1v) is 15.8. The van der Waals surface area contributed by atoms with Crippen LogP contribution in [0.5, 0.6) is 28.7 Å². The molecular weight excluding hydrogens is 633 g/mol. The topological polar surface area (TPSA) is 125 Å². The highest BCUT2D eigenvalue weighted by Crippen LogP contribution is 2.33. The second-order valence-corrected chi connectivity index (χ2v) is 11.6. The molecule has 0 radical (unpaired) electrons. The van der Waals surface area contributed by atoms with Gasteiger partial charge in [-0.25, -0.2) is 4.39 Å². The maximum absolute atomic E-state index is 14.7. The molecule has 2 heterocycles. The molecule has 49 heavy (non-hydrogen) atoms. The number of likely N-dealkylation sites (tertiary alicyclic amines) is 1. The monoisotopic (exact) mass is 669 g/mol. The number of nitrogens with one attached hydrogen (secondary N) is 2. The average molecular weight is 670 g/mol. The number of methoxy groups -OCH3 is 2. The zero-order chi connectivity index (χ0) is 34.3. The number of amides is 3. The predicted octanol–water partition coefficient (Wildman–Crippen LogP) is 4.38. The molecule has 6 rings (SSSR count). The van der Waals surface area contributed by atoms with Crippen LogP contribution in [-0.4, -0.2) is 75.3 Å². The molecule has 2 N–H and O–H groups in total. The fourth-order valence-corrected chi connectivity index (χ4v) is 5.81. The van der Waals surface area contributed by atoms with E-state index in [9.17, 15) is 18.8 Å². The van der Waals surface area contributed by atoms with E-state index in [4.69, 9.17) is 23.7 Å². The maximum Gasteiger partial charge on any atom is 0.260 e. The van der Waals surface area contributed by atoms with Gasteiger partial charge in [0.15, 0.2) is 13.2 Å². The first kappa shape index (κ1) is 33.1. The number of hydrogen-bond acceptors (Lipinski definition) is 8. The molecule has 0 spiro atoms. The van der Waals surface area contributed by atoms with Crippen LogP contribution in [0.15, 0.2) is 84.9 Å². The number of carbonyl (C=O) groups is 3. The minimum atomic E-state index is -0.669. The molecule has 0 aliphatic carbocycles. The summed E-state index contributed by atoms with van der Waals surface area (Å²) < 4.78 is 43.3. The highest BCUT2D eigenvalue weighted by molar-refractivity contribution is 5.96. The average Bonchev–Trinajstić information content (AvgIpc) is 3.12. The van der Waals surface area contributed by atoms with Gasteiger partial charge in [-0.3, -0.25) is 14.4 Å². The number of hydrogen-bond donors (Lipinski definition) is 2. The van der Waals surface area contributed by atoms with Crippen molar-refractivity contribution in [3.63, 3.8) is 0 Å². The van der Waals surface area contributed by atoms with E-state index in [0.29, 0.717) is 58.2 Å². The predicted molar refractivity (Wildman–Crippen MR) is 178 cm³/mol. The van der Waals surface area contributed by atoms with Crippen LogP contribution in [0.4, 0.5) is 4.39 Å². The van der Waals surface area contributed by atoms with E-state index in [1.165, 1.54) is 19.2 Å². The summed E-state index contributed by atoms with van der Waals surface area (Å²) in [5, 5.41) is 5.80. The number of ether oxygens (including phenoxy) is 5. The van der Waals surface area contributed by atoms with Crippen molar-refractivity contribution in [2.24, 2.45) is 0 Å². The second-order valence-electron chi connectivity index (χ2n) is 11.6. The van der Waals surface area contributed by atoms with E-state index < -0.39 is 29.8 Å². The highest BCUT2D eigenvalue weighted by atomic mass is 19.1. The van der Waals surface area contributed by atoms with Crippen molar-refractivity contribution in [1.29, 1.82) is 0 Å². The van der Waals surface area contributed by atoms with Crippen molar-refractivity contribution >= 4 is 17.7 Å². The molecule has 3 amide bonds. The summed E-state index contributed by atoms with van der Waals surface area (Å²) in [6.45, 7) is 0.00390. The molecule has 12 heteroatoms. The quantitative estimate of drug-likeness (QED) is 0.321. The SMILES string of the molecule is COc1cccc(OCC(=O)N2CC[C@H]3Oc4cc(F)cc(c4)CNC(=O)COc4cccc(c4)-c4cc(ccc4OC)C(=O)N[C@@H]3C2)c1. The number of halogens is 1. The number of piperidine rings is 1. The fraction of sp³-hybridized carbons (Fsp3) is 0.270. The van der Waals surface area contributed by atoms with Crippen LogP contribution in [0.2, 0.25) is 0 Å². The van der Waals surface area contributed by atoms with E-state index in [2.05, 4.69) is 10.6 Å². The Morgan fingerprint density at radius 2 is 1.76 bits per heavy atom. The van der Waals surface area contributed by atoms with E-state index in [0.717, 1.165) is 0 Å². The van der Waals surface area contributed by atoms with Crippen LogP contribution in [0.3, 0.4) is 0 Å². The van der Waals surface area contributed by atoms with Gasteiger partial charge < -0.3 is 39.2 Å². The third-order valence-corrected chi connectivity index (χ3v) is 8.31. The Morgan fingerprint density at radius 3 is 2.59 bits per heavy atom. The summed E-state index contributed by atoms with van der Waals surface area (Å²) in [6, 6.07) is 22.6. The molecule has 0 unspecified atom stereocenters. The Labute approximate surface area is 282 Å². The number of nitrogens with zero attached hydrogens (tertiary/aromatic N) is 1. The Kier molecular flexibility index (Phi) is 10.1. The lowest BCUT2D eigenvalue weighted by molar-refractivity contribution is -0.135. The first-order chi connectivity index (χ1) is 23.8. The third-order valence-electron chi connectivity index (χ3n) is 8.31. The van der Waals surface area contributed by atoms with Gasteiger partial charge in [-0.05, 0) is 65.7 Å². The van der Waals surface area contributed by atoms with Gasteiger partial charge in [0.2, 0.25) is 0 Å². The zero-order valence-corrected chi connectivity index (χ0v) is 27.1. The van der Waals surface area contributed by atoms with E-state index >= 15 is 0 Å². The smallest absolute Gasteiger partial charge is 0.260 e. The zero-order valence-electron chi connectivity index (χ0n) is 27.1. The third kappa shape index (κ3) is 8.21. The standard InChI is InChI=1S/C37H36FN3O8/c1-45-27-6-4-8-29(18-27)48-22-36(43)41-12-11-34-32(20-41)40-37(44)25-9-10-33(46-2)31(16-25)24-5-3-7-28(15-24)47-21-35(42)39-19-23-13-26(38)17-30(14-23)49-34/h3-10,13-18,32,34H,11-12,19-22H2,1-2H3,(H,39,42)(H,40,44)/t32-,34-/m1/s1. The van der Waals surface area contributed by atoms with Crippen molar-refractivity contribution in [2.75, 3.05) is 40.5 Å². The second kappa shape index (κ2) is 15.0. The van der Waals surface area contributed by atoms with E-state index in [1.807, 2.05) is 6.07 Å². The van der Waals surface area contributed by atoms with Gasteiger partial charge in [0.05, 0.1) is 20.3 Å². The van der Waals surface area contributed by atoms with Crippen LogP contribution < -0.4 is 34.3 Å². The van der Waals surface area contributed by atoms with Crippen LogP contribution in [0, 0.1) is 5.82 Å². The summed E-state index contributed by atoms with van der Waals surface area (Å²) in [4.78, 5) is 41.4. The molecule has 2 aliphatic heterocycles. The van der Waals surface area contributed by atoms with Crippen molar-refractivity contribution in [3.8, 4) is 39.9 Å². The Balaban J connectivity index is 1.29. The summed E-state index contributed by atoms with van der Waals surface area (Å²) >= 11 is 0. The highest BCUT2D eigenvalue weighted by Gasteiger charge is 2.35. The molecule has 0 saturated carbocycles.